The van der Waals surface area contributed by atoms with E-state index in [1.165, 1.54) is 18.2 Å². The van der Waals surface area contributed by atoms with E-state index in [4.69, 9.17) is 23.2 Å². The highest BCUT2D eigenvalue weighted by Crippen LogP contribution is 2.38. The Hall–Kier alpha value is -3.39. The van der Waals surface area contributed by atoms with Gasteiger partial charge in [-0.1, -0.05) is 41.4 Å². The van der Waals surface area contributed by atoms with E-state index in [0.717, 1.165) is 0 Å². The van der Waals surface area contributed by atoms with Gasteiger partial charge in [0.25, 0.3) is 5.91 Å². The van der Waals surface area contributed by atoms with Crippen LogP contribution in [0, 0.1) is 0 Å². The maximum Gasteiger partial charge on any atom is 0.323 e. The summed E-state index contributed by atoms with van der Waals surface area (Å²) in [4.78, 5) is 37.2. The normalized spacial score (nSPS) is 16.8. The molecule has 0 saturated carbocycles. The number of urea groups is 1. The summed E-state index contributed by atoms with van der Waals surface area (Å²) in [6.45, 7) is 0. The highest BCUT2D eigenvalue weighted by Gasteiger charge is 2.46. The third-order valence-electron chi connectivity index (χ3n) is 5.06. The number of nitrogens with one attached hydrogen (secondary N) is 3. The number of para-hydroxylation sites is 1. The van der Waals surface area contributed by atoms with Crippen molar-refractivity contribution in [1.82, 2.24) is 0 Å². The summed E-state index contributed by atoms with van der Waals surface area (Å²) in [6, 6.07) is 17.0. The number of carbonyl (C=O) groups excluding carboxylic acids is 3. The number of halogens is 2. The number of fused-ring (bicyclic) bond motifs is 1. The number of Topliss-reactive ketones (excluding diaryl/α,β-unsaturated/α-hetero) is 1. The van der Waals surface area contributed by atoms with Gasteiger partial charge in [0.2, 0.25) is 0 Å². The fourth-order valence-electron chi connectivity index (χ4n) is 3.42. The number of carbonyl (C=O) groups is 3. The van der Waals surface area contributed by atoms with Crippen LogP contribution in [0.2, 0.25) is 10.0 Å². The Kier molecular flexibility index (Phi) is 5.88. The first-order valence-electron chi connectivity index (χ1n) is 9.56. The number of ketones is 1. The molecule has 4 rings (SSSR count). The van der Waals surface area contributed by atoms with Gasteiger partial charge in [-0.3, -0.25) is 9.59 Å². The predicted molar refractivity (Wildman–Crippen MR) is 123 cm³/mol. The largest absolute Gasteiger partial charge is 0.375 e. The number of anilines is 3. The van der Waals surface area contributed by atoms with Crippen molar-refractivity contribution in [2.45, 2.75) is 12.0 Å². The molecule has 0 radical (unpaired) electrons. The van der Waals surface area contributed by atoms with Crippen LogP contribution in [0.3, 0.4) is 0 Å². The number of benzene rings is 3. The molecule has 3 amide bonds. The van der Waals surface area contributed by atoms with Gasteiger partial charge in [0.15, 0.2) is 11.4 Å². The van der Waals surface area contributed by atoms with E-state index in [9.17, 15) is 19.5 Å². The molecule has 4 N–H and O–H groups in total. The van der Waals surface area contributed by atoms with Crippen molar-refractivity contribution < 1.29 is 19.5 Å². The van der Waals surface area contributed by atoms with E-state index < -0.39 is 29.7 Å². The van der Waals surface area contributed by atoms with Crippen molar-refractivity contribution in [1.29, 1.82) is 0 Å². The Morgan fingerprint density at radius 1 is 0.906 bits per heavy atom. The highest BCUT2D eigenvalue weighted by atomic mass is 35.5. The Morgan fingerprint density at radius 3 is 2.28 bits per heavy atom. The fourth-order valence-corrected chi connectivity index (χ4v) is 3.72. The molecular weight excluding hydrogens is 453 g/mol. The lowest BCUT2D eigenvalue weighted by Crippen LogP contribution is -2.36. The zero-order valence-electron chi connectivity index (χ0n) is 16.5. The average Bonchev–Trinajstić information content (AvgIpc) is 3.01. The molecule has 1 aliphatic heterocycles. The summed E-state index contributed by atoms with van der Waals surface area (Å²) in [6.07, 6.45) is -0.402. The monoisotopic (exact) mass is 469 g/mol. The Morgan fingerprint density at radius 2 is 1.56 bits per heavy atom. The first-order chi connectivity index (χ1) is 15.3. The van der Waals surface area contributed by atoms with Crippen molar-refractivity contribution in [3.63, 3.8) is 0 Å². The standard InChI is InChI=1S/C23H17Cl2N3O4/c24-17-10-9-15(11-18(17)25)27-22(31)26-14-7-5-13(6-8-14)20(29)12-23(32)16-3-1-2-4-19(16)28-21(23)30/h1-11,32H,12H2,(H,28,30)(H2,26,27,31). The van der Waals surface area contributed by atoms with E-state index in [1.807, 2.05) is 0 Å². The molecule has 1 aliphatic rings. The van der Waals surface area contributed by atoms with Crippen LogP contribution in [0.1, 0.15) is 22.3 Å². The average molecular weight is 470 g/mol. The maximum absolute atomic E-state index is 12.7. The molecule has 3 aromatic rings. The van der Waals surface area contributed by atoms with Crippen LogP contribution in [0.5, 0.6) is 0 Å². The zero-order valence-corrected chi connectivity index (χ0v) is 18.0. The molecule has 32 heavy (non-hydrogen) atoms. The van der Waals surface area contributed by atoms with Gasteiger partial charge >= 0.3 is 6.03 Å². The molecule has 0 aromatic heterocycles. The number of amides is 3. The molecule has 0 bridgehead atoms. The molecule has 0 saturated heterocycles. The summed E-state index contributed by atoms with van der Waals surface area (Å²) < 4.78 is 0. The van der Waals surface area contributed by atoms with Crippen LogP contribution in [-0.4, -0.2) is 22.8 Å². The lowest BCUT2D eigenvalue weighted by molar-refractivity contribution is -0.133. The number of hydrogen-bond donors (Lipinski definition) is 4. The minimum Gasteiger partial charge on any atom is -0.375 e. The lowest BCUT2D eigenvalue weighted by atomic mass is 9.88. The van der Waals surface area contributed by atoms with Crippen LogP contribution in [0.15, 0.2) is 66.7 Å². The van der Waals surface area contributed by atoms with Gasteiger partial charge in [-0.2, -0.15) is 0 Å². The van der Waals surface area contributed by atoms with E-state index in [-0.39, 0.29) is 0 Å². The molecule has 9 heteroatoms. The van der Waals surface area contributed by atoms with E-state index in [0.29, 0.717) is 38.2 Å². The Labute approximate surface area is 193 Å². The molecule has 162 valence electrons. The topological polar surface area (TPSA) is 108 Å². The van der Waals surface area contributed by atoms with Crippen LogP contribution in [0.4, 0.5) is 21.9 Å². The minimum atomic E-state index is -1.93. The van der Waals surface area contributed by atoms with Crippen molar-refractivity contribution in [3.8, 4) is 0 Å². The van der Waals surface area contributed by atoms with Crippen LogP contribution >= 0.6 is 23.2 Å². The molecule has 7 nitrogen and oxygen atoms in total. The third-order valence-corrected chi connectivity index (χ3v) is 5.79. The van der Waals surface area contributed by atoms with Gasteiger partial charge in [0.05, 0.1) is 16.5 Å². The SMILES string of the molecule is O=C(Nc1ccc(C(=O)CC2(O)C(=O)Nc3ccccc32)cc1)Nc1ccc(Cl)c(Cl)c1. The van der Waals surface area contributed by atoms with E-state index >= 15 is 0 Å². The quantitative estimate of drug-likeness (QED) is 0.392. The van der Waals surface area contributed by atoms with E-state index in [2.05, 4.69) is 16.0 Å². The summed E-state index contributed by atoms with van der Waals surface area (Å²) in [5, 5.41) is 19.4. The van der Waals surface area contributed by atoms with Crippen LogP contribution < -0.4 is 16.0 Å². The smallest absolute Gasteiger partial charge is 0.323 e. The van der Waals surface area contributed by atoms with Gasteiger partial charge in [0, 0.05) is 28.2 Å². The number of rotatable bonds is 5. The van der Waals surface area contributed by atoms with Gasteiger partial charge in [-0.15, -0.1) is 0 Å². The van der Waals surface area contributed by atoms with Gasteiger partial charge in [-0.05, 0) is 48.5 Å². The van der Waals surface area contributed by atoms with Crippen molar-refractivity contribution >= 4 is 58.0 Å². The van der Waals surface area contributed by atoms with Gasteiger partial charge in [0.1, 0.15) is 0 Å². The second kappa shape index (κ2) is 8.63. The van der Waals surface area contributed by atoms with Gasteiger partial charge < -0.3 is 21.1 Å². The second-order valence-electron chi connectivity index (χ2n) is 7.25. The fraction of sp³-hybridized carbons (Fsp3) is 0.0870. The Balaban J connectivity index is 1.41. The molecule has 3 aromatic carbocycles. The zero-order chi connectivity index (χ0) is 22.9. The van der Waals surface area contributed by atoms with Crippen molar-refractivity contribution in [2.75, 3.05) is 16.0 Å². The molecule has 0 spiro atoms. The third kappa shape index (κ3) is 4.31. The maximum atomic E-state index is 12.7. The van der Waals surface area contributed by atoms with Crippen LogP contribution in [0.25, 0.3) is 0 Å². The molecular formula is C23H17Cl2N3O4. The first kappa shape index (κ1) is 21.8. The number of hydrogen-bond acceptors (Lipinski definition) is 4. The van der Waals surface area contributed by atoms with Crippen LogP contribution in [-0.2, 0) is 10.4 Å². The summed E-state index contributed by atoms with van der Waals surface area (Å²) in [5.74, 6) is -1.05. The lowest BCUT2D eigenvalue weighted by Gasteiger charge is -2.20. The van der Waals surface area contributed by atoms with Crippen molar-refractivity contribution in [3.05, 3.63) is 87.9 Å². The van der Waals surface area contributed by atoms with Crippen molar-refractivity contribution in [2.24, 2.45) is 0 Å². The molecule has 1 atom stereocenters. The first-order valence-corrected chi connectivity index (χ1v) is 10.3. The summed E-state index contributed by atoms with van der Waals surface area (Å²) in [7, 11) is 0. The van der Waals surface area contributed by atoms with E-state index in [1.54, 1.807) is 48.5 Å². The highest BCUT2D eigenvalue weighted by molar-refractivity contribution is 6.42. The molecule has 1 heterocycles. The molecule has 0 fully saturated rings. The molecule has 0 aliphatic carbocycles. The Bertz CT molecular complexity index is 1230. The number of aliphatic hydroxyl groups is 1. The molecule has 1 unspecified atom stereocenters. The second-order valence-corrected chi connectivity index (χ2v) is 8.06. The minimum absolute atomic E-state index is 0.297. The summed E-state index contributed by atoms with van der Waals surface area (Å²) in [5.41, 5.74) is 0.139. The predicted octanol–water partition coefficient (Wildman–Crippen LogP) is 5.05. The van der Waals surface area contributed by atoms with Gasteiger partial charge in [-0.25, -0.2) is 4.79 Å². The summed E-state index contributed by atoms with van der Waals surface area (Å²) >= 11 is 11.8.